The van der Waals surface area contributed by atoms with E-state index in [9.17, 15) is 0 Å². The quantitative estimate of drug-likeness (QED) is 0.514. The van der Waals surface area contributed by atoms with Gasteiger partial charge in [-0.05, 0) is 38.5 Å². The second-order valence-electron chi connectivity index (χ2n) is 4.01. The van der Waals surface area contributed by atoms with Crippen LogP contribution in [-0.2, 0) is 6.54 Å². The van der Waals surface area contributed by atoms with E-state index in [2.05, 4.69) is 63.9 Å². The molecule has 4 heteroatoms. The molecule has 0 spiro atoms. The van der Waals surface area contributed by atoms with Crippen LogP contribution in [0.1, 0.15) is 25.0 Å². The molecule has 20 heavy (non-hydrogen) atoms. The molecule has 0 atom stereocenters. The zero-order valence-electron chi connectivity index (χ0n) is 12.7. The average molecular weight is 404 g/mol. The summed E-state index contributed by atoms with van der Waals surface area (Å²) >= 11 is 3.15. The molecule has 0 saturated heterocycles. The van der Waals surface area contributed by atoms with Gasteiger partial charge in [0, 0.05) is 29.4 Å². The van der Waals surface area contributed by atoms with E-state index in [-0.39, 0.29) is 17.0 Å². The van der Waals surface area contributed by atoms with Gasteiger partial charge in [0.05, 0.1) is 0 Å². The van der Waals surface area contributed by atoms with Crippen molar-refractivity contribution in [2.45, 2.75) is 34.2 Å². The maximum Gasteiger partial charge on any atom is 0.171 e. The number of pyridine rings is 2. The Labute approximate surface area is 142 Å². The molecule has 2 aromatic rings. The zero-order valence-corrected chi connectivity index (χ0v) is 15.9. The third kappa shape index (κ3) is 12.3. The predicted octanol–water partition coefficient (Wildman–Crippen LogP) is 1.10. The van der Waals surface area contributed by atoms with Crippen LogP contribution in [0.2, 0.25) is 0 Å². The fraction of sp³-hybridized carbons (Fsp3) is 0.375. The van der Waals surface area contributed by atoms with Gasteiger partial charge < -0.3 is 17.0 Å². The van der Waals surface area contributed by atoms with Gasteiger partial charge >= 0.3 is 0 Å². The minimum atomic E-state index is 0. The van der Waals surface area contributed by atoms with E-state index in [1.54, 1.807) is 6.20 Å². The molecule has 2 heterocycles. The monoisotopic (exact) mass is 402 g/mol. The SMILES string of the molecule is CCBr.CC[n+]1cccc(C)c1.Cc1cccnc1.[Br-]. The molecule has 2 aromatic heterocycles. The molecule has 0 N–H and O–H groups in total. The van der Waals surface area contributed by atoms with Crippen molar-refractivity contribution in [3.8, 4) is 0 Å². The van der Waals surface area contributed by atoms with E-state index in [1.807, 2.05) is 32.2 Å². The van der Waals surface area contributed by atoms with Gasteiger partial charge in [0.25, 0.3) is 0 Å². The maximum absolute atomic E-state index is 3.88. The van der Waals surface area contributed by atoms with Gasteiger partial charge in [0.1, 0.15) is 6.54 Å². The van der Waals surface area contributed by atoms with Crippen LogP contribution in [0.25, 0.3) is 0 Å². The lowest BCUT2D eigenvalue weighted by Gasteiger charge is -1.90. The van der Waals surface area contributed by atoms with Crippen molar-refractivity contribution >= 4 is 15.9 Å². The fourth-order valence-electron chi connectivity index (χ4n) is 1.30. The van der Waals surface area contributed by atoms with Gasteiger partial charge in [-0.3, -0.25) is 4.98 Å². The first-order valence-corrected chi connectivity index (χ1v) is 7.64. The van der Waals surface area contributed by atoms with E-state index < -0.39 is 0 Å². The van der Waals surface area contributed by atoms with Crippen molar-refractivity contribution in [1.29, 1.82) is 0 Å². The van der Waals surface area contributed by atoms with Gasteiger partial charge in [-0.25, -0.2) is 4.57 Å². The molecule has 2 rings (SSSR count). The summed E-state index contributed by atoms with van der Waals surface area (Å²) in [7, 11) is 0. The highest BCUT2D eigenvalue weighted by Gasteiger charge is 1.92. The molecule has 112 valence electrons. The third-order valence-corrected chi connectivity index (χ3v) is 2.18. The molecule has 0 saturated carbocycles. The van der Waals surface area contributed by atoms with Crippen molar-refractivity contribution < 1.29 is 21.5 Å². The minimum absolute atomic E-state index is 0. The molecule has 0 amide bonds. The molecule has 0 fully saturated rings. The zero-order chi connectivity index (χ0) is 14.5. The first kappa shape index (κ1) is 21.6. The summed E-state index contributed by atoms with van der Waals surface area (Å²) < 4.78 is 2.16. The van der Waals surface area contributed by atoms with Crippen LogP contribution in [0, 0.1) is 13.8 Å². The maximum atomic E-state index is 3.88. The summed E-state index contributed by atoms with van der Waals surface area (Å²) in [5.74, 6) is 0. The summed E-state index contributed by atoms with van der Waals surface area (Å²) in [5.41, 5.74) is 2.53. The number of nitrogens with zero attached hydrogens (tertiary/aromatic N) is 2. The molecule has 0 aliphatic rings. The van der Waals surface area contributed by atoms with Gasteiger partial charge in [-0.15, -0.1) is 0 Å². The molecule has 0 aliphatic heterocycles. The van der Waals surface area contributed by atoms with Crippen molar-refractivity contribution in [3.05, 3.63) is 60.2 Å². The molecular weight excluding hydrogens is 380 g/mol. The van der Waals surface area contributed by atoms with E-state index in [0.717, 1.165) is 11.9 Å². The van der Waals surface area contributed by atoms with Crippen molar-refractivity contribution in [2.24, 2.45) is 0 Å². The highest BCUT2D eigenvalue weighted by atomic mass is 79.9. The number of hydrogen-bond acceptors (Lipinski definition) is 1. The van der Waals surface area contributed by atoms with Crippen LogP contribution in [0.15, 0.2) is 49.1 Å². The Hall–Kier alpha value is -0.740. The molecule has 2 nitrogen and oxygen atoms in total. The van der Waals surface area contributed by atoms with Crippen molar-refractivity contribution in [1.82, 2.24) is 4.98 Å². The standard InChI is InChI=1S/C8H12N.C6H7N.C2H5Br.BrH/c1-3-9-6-4-5-8(2)7-9;1-6-3-2-4-7-5-6;1-2-3;/h4-7H,3H2,1-2H3;2-5H,1H3;2H2,1H3;1H/q+1;;;/p-1. The Bertz CT molecular complexity index is 434. The highest BCUT2D eigenvalue weighted by molar-refractivity contribution is 9.09. The largest absolute Gasteiger partial charge is 1.00 e. The average Bonchev–Trinajstić information content (AvgIpc) is 2.41. The van der Waals surface area contributed by atoms with Crippen LogP contribution < -0.4 is 21.5 Å². The summed E-state index contributed by atoms with van der Waals surface area (Å²) in [5, 5.41) is 1.06. The van der Waals surface area contributed by atoms with Crippen molar-refractivity contribution in [2.75, 3.05) is 5.33 Å². The number of halogens is 2. The van der Waals surface area contributed by atoms with E-state index in [0.29, 0.717) is 0 Å². The predicted molar refractivity (Wildman–Crippen MR) is 85.5 cm³/mol. The third-order valence-electron chi connectivity index (χ3n) is 2.18. The Morgan fingerprint density at radius 3 is 2.00 bits per heavy atom. The highest BCUT2D eigenvalue weighted by Crippen LogP contribution is 1.88. The first-order valence-electron chi connectivity index (χ1n) is 6.52. The molecule has 0 aromatic carbocycles. The number of aryl methyl sites for hydroxylation is 3. The number of alkyl halides is 1. The minimum Gasteiger partial charge on any atom is -1.00 e. The molecular formula is C16H24Br2N2. The van der Waals surface area contributed by atoms with Crippen LogP contribution in [0.4, 0.5) is 0 Å². The molecule has 0 bridgehead atoms. The summed E-state index contributed by atoms with van der Waals surface area (Å²) in [6.45, 7) is 9.36. The van der Waals surface area contributed by atoms with Crippen LogP contribution in [0.5, 0.6) is 0 Å². The lowest BCUT2D eigenvalue weighted by atomic mass is 10.3. The van der Waals surface area contributed by atoms with Crippen LogP contribution in [-0.4, -0.2) is 10.3 Å². The Balaban J connectivity index is 0. The topological polar surface area (TPSA) is 16.8 Å². The summed E-state index contributed by atoms with van der Waals surface area (Å²) in [6.07, 6.45) is 7.82. The van der Waals surface area contributed by atoms with Gasteiger partial charge in [-0.2, -0.15) is 0 Å². The van der Waals surface area contributed by atoms with Crippen LogP contribution >= 0.6 is 15.9 Å². The molecule has 0 unspecified atom stereocenters. The van der Waals surface area contributed by atoms with E-state index in [4.69, 9.17) is 0 Å². The normalized spacial score (nSPS) is 8.25. The second kappa shape index (κ2) is 14.7. The summed E-state index contributed by atoms with van der Waals surface area (Å²) in [4.78, 5) is 3.88. The van der Waals surface area contributed by atoms with Crippen molar-refractivity contribution in [3.63, 3.8) is 0 Å². The van der Waals surface area contributed by atoms with Gasteiger partial charge in [0.15, 0.2) is 12.4 Å². The Morgan fingerprint density at radius 2 is 1.70 bits per heavy atom. The molecule has 0 radical (unpaired) electrons. The molecule has 0 aliphatic carbocycles. The Kier molecular flexibility index (Phi) is 15.8. The fourth-order valence-corrected chi connectivity index (χ4v) is 1.30. The lowest BCUT2D eigenvalue weighted by Crippen LogP contribution is -3.00. The van der Waals surface area contributed by atoms with E-state index >= 15 is 0 Å². The number of hydrogen-bond donors (Lipinski definition) is 0. The van der Waals surface area contributed by atoms with Crippen LogP contribution in [0.3, 0.4) is 0 Å². The number of aromatic nitrogens is 2. The second-order valence-corrected chi connectivity index (χ2v) is 5.13. The van der Waals surface area contributed by atoms with Gasteiger partial charge in [-0.1, -0.05) is 28.9 Å². The van der Waals surface area contributed by atoms with Gasteiger partial charge in [0.2, 0.25) is 0 Å². The van der Waals surface area contributed by atoms with E-state index in [1.165, 1.54) is 11.1 Å². The first-order chi connectivity index (χ1) is 9.13. The number of rotatable bonds is 1. The smallest absolute Gasteiger partial charge is 0.171 e. The lowest BCUT2D eigenvalue weighted by molar-refractivity contribution is -0.693. The summed E-state index contributed by atoms with van der Waals surface area (Å²) in [6, 6.07) is 8.12. The Morgan fingerprint density at radius 1 is 1.10 bits per heavy atom.